The Balaban J connectivity index is 1.44. The topological polar surface area (TPSA) is 90.5 Å². The van der Waals surface area contributed by atoms with Gasteiger partial charge in [0, 0.05) is 37.6 Å². The molecule has 1 aliphatic rings. The smallest absolute Gasteiger partial charge is 0.253 e. The number of carbonyl (C=O) groups excluding carboxylic acids is 1. The highest BCUT2D eigenvalue weighted by Crippen LogP contribution is 2.15. The Morgan fingerprint density at radius 3 is 3.00 bits per heavy atom. The van der Waals surface area contributed by atoms with Crippen LogP contribution in [0, 0.1) is 6.92 Å². The van der Waals surface area contributed by atoms with Crippen molar-refractivity contribution >= 4 is 5.91 Å². The van der Waals surface area contributed by atoms with Gasteiger partial charge in [-0.2, -0.15) is 5.10 Å². The maximum Gasteiger partial charge on any atom is 0.253 e. The van der Waals surface area contributed by atoms with E-state index in [1.807, 2.05) is 19.2 Å². The van der Waals surface area contributed by atoms with Gasteiger partial charge in [-0.25, -0.2) is 9.67 Å². The van der Waals surface area contributed by atoms with Crippen LogP contribution in [-0.2, 0) is 13.0 Å². The molecule has 4 heterocycles. The van der Waals surface area contributed by atoms with E-state index in [0.29, 0.717) is 17.9 Å². The fraction of sp³-hybridized carbons (Fsp3) is 0.312. The van der Waals surface area contributed by atoms with Gasteiger partial charge in [-0.3, -0.25) is 4.79 Å². The Morgan fingerprint density at radius 2 is 2.25 bits per heavy atom. The number of aryl methyl sites for hydroxylation is 2. The van der Waals surface area contributed by atoms with E-state index >= 15 is 0 Å². The summed E-state index contributed by atoms with van der Waals surface area (Å²) in [6, 6.07) is 5.44. The zero-order valence-corrected chi connectivity index (χ0v) is 13.3. The van der Waals surface area contributed by atoms with Gasteiger partial charge >= 0.3 is 0 Å². The summed E-state index contributed by atoms with van der Waals surface area (Å²) in [7, 11) is 0. The van der Waals surface area contributed by atoms with E-state index in [0.717, 1.165) is 24.5 Å². The molecule has 0 aliphatic carbocycles. The number of hydrogen-bond acceptors (Lipinski definition) is 5. The molecule has 3 aromatic heterocycles. The van der Waals surface area contributed by atoms with Gasteiger partial charge in [0.1, 0.15) is 11.6 Å². The second-order valence-corrected chi connectivity index (χ2v) is 5.84. The molecule has 8 heteroatoms. The molecule has 122 valence electrons. The largest absolute Gasteiger partial charge is 0.347 e. The molecular weight excluding hydrogens is 306 g/mol. The standard InChI is InChI=1S/C16H17N7O/c1-11-20-21-15-6-4-13(10-22(11)15)19-16(24)12-3-5-14(17-9-12)23-8-2-7-18-23/h2-3,5,7-9,13H,4,6,10H2,1H3,(H,19,24)/t13-/m1/s1. The fourth-order valence-electron chi connectivity index (χ4n) is 2.91. The van der Waals surface area contributed by atoms with Crippen molar-refractivity contribution in [2.75, 3.05) is 0 Å². The predicted molar refractivity (Wildman–Crippen MR) is 85.7 cm³/mol. The number of rotatable bonds is 3. The van der Waals surface area contributed by atoms with E-state index in [2.05, 4.69) is 30.2 Å². The van der Waals surface area contributed by atoms with Crippen LogP contribution in [0.15, 0.2) is 36.8 Å². The molecule has 8 nitrogen and oxygen atoms in total. The molecule has 1 amide bonds. The summed E-state index contributed by atoms with van der Waals surface area (Å²) >= 11 is 0. The lowest BCUT2D eigenvalue weighted by Crippen LogP contribution is -2.41. The lowest BCUT2D eigenvalue weighted by molar-refractivity contribution is 0.0927. The van der Waals surface area contributed by atoms with Gasteiger partial charge in [0.05, 0.1) is 5.56 Å². The van der Waals surface area contributed by atoms with Gasteiger partial charge in [0.15, 0.2) is 5.82 Å². The maximum atomic E-state index is 12.4. The molecule has 0 radical (unpaired) electrons. The van der Waals surface area contributed by atoms with Gasteiger partial charge in [-0.05, 0) is 31.5 Å². The number of nitrogens with zero attached hydrogens (tertiary/aromatic N) is 6. The van der Waals surface area contributed by atoms with Crippen LogP contribution < -0.4 is 5.32 Å². The second-order valence-electron chi connectivity index (χ2n) is 5.84. The first-order valence-electron chi connectivity index (χ1n) is 7.86. The molecule has 1 atom stereocenters. The van der Waals surface area contributed by atoms with E-state index in [1.165, 1.54) is 0 Å². The SMILES string of the molecule is Cc1nnc2n1C[C@H](NC(=O)c1ccc(-n3cccn3)nc1)CC2. The van der Waals surface area contributed by atoms with Gasteiger partial charge in [-0.15, -0.1) is 10.2 Å². The van der Waals surface area contributed by atoms with Crippen LogP contribution in [0.3, 0.4) is 0 Å². The molecule has 0 aromatic carbocycles. The normalized spacial score (nSPS) is 16.6. The van der Waals surface area contributed by atoms with Crippen LogP contribution in [-0.4, -0.2) is 41.5 Å². The molecule has 1 N–H and O–H groups in total. The van der Waals surface area contributed by atoms with Crippen molar-refractivity contribution in [2.24, 2.45) is 0 Å². The molecule has 0 spiro atoms. The average Bonchev–Trinajstić information content (AvgIpc) is 3.26. The number of carbonyl (C=O) groups is 1. The molecule has 4 rings (SSSR count). The Kier molecular flexibility index (Phi) is 3.56. The van der Waals surface area contributed by atoms with Crippen LogP contribution in [0.25, 0.3) is 5.82 Å². The molecule has 1 aliphatic heterocycles. The number of pyridine rings is 1. The third kappa shape index (κ3) is 2.66. The van der Waals surface area contributed by atoms with Crippen molar-refractivity contribution in [2.45, 2.75) is 32.4 Å². The highest BCUT2D eigenvalue weighted by Gasteiger charge is 2.23. The average molecular weight is 323 g/mol. The lowest BCUT2D eigenvalue weighted by atomic mass is 10.1. The van der Waals surface area contributed by atoms with Crippen LogP contribution >= 0.6 is 0 Å². The van der Waals surface area contributed by atoms with Crippen molar-refractivity contribution in [1.29, 1.82) is 0 Å². The van der Waals surface area contributed by atoms with Crippen LogP contribution in [0.1, 0.15) is 28.4 Å². The van der Waals surface area contributed by atoms with Crippen molar-refractivity contribution in [1.82, 2.24) is 34.8 Å². The highest BCUT2D eigenvalue weighted by molar-refractivity contribution is 5.94. The van der Waals surface area contributed by atoms with E-state index in [-0.39, 0.29) is 11.9 Å². The number of nitrogens with one attached hydrogen (secondary N) is 1. The molecule has 3 aromatic rings. The van der Waals surface area contributed by atoms with Crippen molar-refractivity contribution in [3.05, 3.63) is 54.0 Å². The van der Waals surface area contributed by atoms with Gasteiger partial charge in [0.2, 0.25) is 0 Å². The number of amides is 1. The minimum Gasteiger partial charge on any atom is -0.347 e. The van der Waals surface area contributed by atoms with Crippen molar-refractivity contribution in [3.8, 4) is 5.82 Å². The van der Waals surface area contributed by atoms with Crippen LogP contribution in [0.5, 0.6) is 0 Å². The van der Waals surface area contributed by atoms with E-state index < -0.39 is 0 Å². The highest BCUT2D eigenvalue weighted by atomic mass is 16.1. The summed E-state index contributed by atoms with van der Waals surface area (Å²) in [6.07, 6.45) is 6.76. The van der Waals surface area contributed by atoms with Gasteiger partial charge in [-0.1, -0.05) is 0 Å². The quantitative estimate of drug-likeness (QED) is 0.774. The Morgan fingerprint density at radius 1 is 1.33 bits per heavy atom. The Hall–Kier alpha value is -3.03. The number of hydrogen-bond donors (Lipinski definition) is 1. The maximum absolute atomic E-state index is 12.4. The van der Waals surface area contributed by atoms with Crippen LogP contribution in [0.4, 0.5) is 0 Å². The van der Waals surface area contributed by atoms with Crippen molar-refractivity contribution < 1.29 is 4.79 Å². The van der Waals surface area contributed by atoms with E-state index in [1.54, 1.807) is 29.2 Å². The molecule has 0 unspecified atom stereocenters. The summed E-state index contributed by atoms with van der Waals surface area (Å²) in [5, 5.41) is 15.4. The minimum absolute atomic E-state index is 0.0745. The zero-order valence-electron chi connectivity index (χ0n) is 13.3. The molecule has 0 saturated carbocycles. The van der Waals surface area contributed by atoms with E-state index in [4.69, 9.17) is 0 Å². The molecule has 24 heavy (non-hydrogen) atoms. The second kappa shape index (κ2) is 5.88. The molecular formula is C16H17N7O. The molecule has 0 fully saturated rings. The third-order valence-electron chi connectivity index (χ3n) is 4.22. The first-order chi connectivity index (χ1) is 11.7. The summed E-state index contributed by atoms with van der Waals surface area (Å²) in [5.74, 6) is 2.44. The third-order valence-corrected chi connectivity index (χ3v) is 4.22. The fourth-order valence-corrected chi connectivity index (χ4v) is 2.91. The van der Waals surface area contributed by atoms with Gasteiger partial charge < -0.3 is 9.88 Å². The Bertz CT molecular complexity index is 851. The summed E-state index contributed by atoms with van der Waals surface area (Å²) in [4.78, 5) is 16.7. The van der Waals surface area contributed by atoms with Crippen molar-refractivity contribution in [3.63, 3.8) is 0 Å². The van der Waals surface area contributed by atoms with E-state index in [9.17, 15) is 4.79 Å². The minimum atomic E-state index is -0.117. The first-order valence-corrected chi connectivity index (χ1v) is 7.86. The monoisotopic (exact) mass is 323 g/mol. The van der Waals surface area contributed by atoms with Crippen LogP contribution in [0.2, 0.25) is 0 Å². The number of aromatic nitrogens is 6. The lowest BCUT2D eigenvalue weighted by Gasteiger charge is -2.24. The number of fused-ring (bicyclic) bond motifs is 1. The zero-order chi connectivity index (χ0) is 16.5. The first kappa shape index (κ1) is 14.6. The Labute approximate surface area is 138 Å². The predicted octanol–water partition coefficient (Wildman–Crippen LogP) is 0.912. The summed E-state index contributed by atoms with van der Waals surface area (Å²) in [5.41, 5.74) is 0.539. The molecule has 0 saturated heterocycles. The molecule has 0 bridgehead atoms. The van der Waals surface area contributed by atoms with Gasteiger partial charge in [0.25, 0.3) is 5.91 Å². The summed E-state index contributed by atoms with van der Waals surface area (Å²) < 4.78 is 3.71. The summed E-state index contributed by atoms with van der Waals surface area (Å²) in [6.45, 7) is 2.64.